The zero-order valence-corrected chi connectivity index (χ0v) is 17.1. The van der Waals surface area contributed by atoms with E-state index in [1.165, 1.54) is 36.5 Å². The van der Waals surface area contributed by atoms with E-state index in [0.717, 1.165) is 12.1 Å². The van der Waals surface area contributed by atoms with E-state index in [0.29, 0.717) is 12.0 Å². The predicted octanol–water partition coefficient (Wildman–Crippen LogP) is 5.68. The summed E-state index contributed by atoms with van der Waals surface area (Å²) in [6.45, 7) is 1.78. The van der Waals surface area contributed by atoms with Crippen LogP contribution in [0.1, 0.15) is 22.8 Å². The SMILES string of the molecule is CCc1c(Oc2ncccc2NC(=O)Nc2ccc(OC(F)(F)F)cc2)cccc1C(=O)O. The van der Waals surface area contributed by atoms with Gasteiger partial charge in [0.2, 0.25) is 5.88 Å². The molecule has 0 aliphatic rings. The molecule has 0 spiro atoms. The fraction of sp³-hybridized carbons (Fsp3) is 0.136. The first-order valence-electron chi connectivity index (χ1n) is 9.58. The number of anilines is 2. The number of carbonyl (C=O) groups is 2. The Morgan fingerprint density at radius 3 is 2.39 bits per heavy atom. The molecule has 172 valence electrons. The van der Waals surface area contributed by atoms with Crippen molar-refractivity contribution in [1.82, 2.24) is 4.98 Å². The Hall–Kier alpha value is -4.28. The molecular weight excluding hydrogens is 443 g/mol. The lowest BCUT2D eigenvalue weighted by Gasteiger charge is -2.15. The van der Waals surface area contributed by atoms with E-state index in [1.54, 1.807) is 19.1 Å². The van der Waals surface area contributed by atoms with Crippen LogP contribution in [0.25, 0.3) is 0 Å². The number of alkyl halides is 3. The van der Waals surface area contributed by atoms with E-state index in [-0.39, 0.29) is 28.6 Å². The molecule has 0 bridgehead atoms. The topological polar surface area (TPSA) is 110 Å². The van der Waals surface area contributed by atoms with Gasteiger partial charge in [0.1, 0.15) is 17.2 Å². The van der Waals surface area contributed by atoms with Crippen LogP contribution in [0, 0.1) is 0 Å². The van der Waals surface area contributed by atoms with E-state index in [4.69, 9.17) is 4.74 Å². The lowest BCUT2D eigenvalue weighted by Crippen LogP contribution is -2.20. The van der Waals surface area contributed by atoms with Crippen molar-refractivity contribution in [2.24, 2.45) is 0 Å². The second-order valence-corrected chi connectivity index (χ2v) is 6.55. The van der Waals surface area contributed by atoms with E-state index < -0.39 is 24.1 Å². The molecular formula is C22H18F3N3O5. The van der Waals surface area contributed by atoms with Crippen LogP contribution >= 0.6 is 0 Å². The van der Waals surface area contributed by atoms with Crippen molar-refractivity contribution in [2.45, 2.75) is 19.7 Å². The summed E-state index contributed by atoms with van der Waals surface area (Å²) in [6, 6.07) is 11.6. The third-order valence-electron chi connectivity index (χ3n) is 4.29. The van der Waals surface area contributed by atoms with Crippen molar-refractivity contribution in [1.29, 1.82) is 0 Å². The Bertz CT molecular complexity index is 1150. The maximum absolute atomic E-state index is 12.4. The first-order valence-corrected chi connectivity index (χ1v) is 9.58. The van der Waals surface area contributed by atoms with Crippen molar-refractivity contribution >= 4 is 23.4 Å². The van der Waals surface area contributed by atoms with Crippen LogP contribution in [0.4, 0.5) is 29.3 Å². The maximum Gasteiger partial charge on any atom is 0.573 e. The molecule has 0 atom stereocenters. The molecule has 0 fully saturated rings. The van der Waals surface area contributed by atoms with Gasteiger partial charge in [-0.15, -0.1) is 13.2 Å². The summed E-state index contributed by atoms with van der Waals surface area (Å²) < 4.78 is 46.3. The van der Waals surface area contributed by atoms with Crippen molar-refractivity contribution in [3.05, 3.63) is 71.9 Å². The van der Waals surface area contributed by atoms with Gasteiger partial charge in [-0.2, -0.15) is 0 Å². The third kappa shape index (κ3) is 6.35. The van der Waals surface area contributed by atoms with Gasteiger partial charge in [0.15, 0.2) is 0 Å². The van der Waals surface area contributed by atoms with Crippen LogP contribution in [0.2, 0.25) is 0 Å². The highest BCUT2D eigenvalue weighted by Crippen LogP contribution is 2.31. The van der Waals surface area contributed by atoms with Crippen molar-refractivity contribution in [2.75, 3.05) is 10.6 Å². The molecule has 1 aromatic heterocycles. The Balaban J connectivity index is 1.73. The molecule has 0 aliphatic carbocycles. The molecule has 0 radical (unpaired) electrons. The summed E-state index contributed by atoms with van der Waals surface area (Å²) in [4.78, 5) is 27.9. The number of nitrogens with zero attached hydrogens (tertiary/aromatic N) is 1. The van der Waals surface area contributed by atoms with E-state index in [2.05, 4.69) is 20.4 Å². The second-order valence-electron chi connectivity index (χ2n) is 6.55. The Labute approximate surface area is 186 Å². The predicted molar refractivity (Wildman–Crippen MR) is 113 cm³/mol. The third-order valence-corrected chi connectivity index (χ3v) is 4.29. The highest BCUT2D eigenvalue weighted by atomic mass is 19.4. The van der Waals surface area contributed by atoms with Gasteiger partial charge in [0, 0.05) is 17.4 Å². The van der Waals surface area contributed by atoms with Gasteiger partial charge in [-0.25, -0.2) is 14.6 Å². The molecule has 11 heteroatoms. The highest BCUT2D eigenvalue weighted by molar-refractivity contribution is 6.00. The van der Waals surface area contributed by atoms with Gasteiger partial charge < -0.3 is 25.2 Å². The van der Waals surface area contributed by atoms with Crippen LogP contribution < -0.4 is 20.1 Å². The first kappa shape index (κ1) is 23.4. The Morgan fingerprint density at radius 1 is 1.03 bits per heavy atom. The largest absolute Gasteiger partial charge is 0.573 e. The number of rotatable bonds is 7. The number of carboxylic acids is 1. The van der Waals surface area contributed by atoms with E-state index in [1.807, 2.05) is 0 Å². The summed E-state index contributed by atoms with van der Waals surface area (Å²) in [5, 5.41) is 14.4. The number of urea groups is 1. The average molecular weight is 461 g/mol. The van der Waals surface area contributed by atoms with E-state index >= 15 is 0 Å². The van der Waals surface area contributed by atoms with Crippen LogP contribution in [0.15, 0.2) is 60.8 Å². The highest BCUT2D eigenvalue weighted by Gasteiger charge is 2.31. The van der Waals surface area contributed by atoms with Crippen molar-refractivity contribution in [3.63, 3.8) is 0 Å². The molecule has 0 aliphatic heterocycles. The summed E-state index contributed by atoms with van der Waals surface area (Å²) >= 11 is 0. The number of hydrogen-bond donors (Lipinski definition) is 3. The zero-order chi connectivity index (χ0) is 24.0. The van der Waals surface area contributed by atoms with Gasteiger partial charge >= 0.3 is 18.4 Å². The fourth-order valence-electron chi connectivity index (χ4n) is 2.92. The van der Waals surface area contributed by atoms with Crippen molar-refractivity contribution < 1.29 is 37.3 Å². The Morgan fingerprint density at radius 2 is 1.76 bits per heavy atom. The summed E-state index contributed by atoms with van der Waals surface area (Å²) in [5.41, 5.74) is 0.967. The van der Waals surface area contributed by atoms with E-state index in [9.17, 15) is 27.9 Å². The van der Waals surface area contributed by atoms with Crippen LogP contribution in [0.3, 0.4) is 0 Å². The minimum Gasteiger partial charge on any atom is -0.478 e. The molecule has 3 rings (SSSR count). The number of ether oxygens (including phenoxy) is 2. The minimum atomic E-state index is -4.81. The molecule has 0 saturated carbocycles. The summed E-state index contributed by atoms with van der Waals surface area (Å²) in [6.07, 6.45) is -2.99. The number of aromatic carboxylic acids is 1. The van der Waals surface area contributed by atoms with Crippen LogP contribution in [-0.2, 0) is 6.42 Å². The number of nitrogens with one attached hydrogen (secondary N) is 2. The van der Waals surface area contributed by atoms with Crippen LogP contribution in [0.5, 0.6) is 17.4 Å². The molecule has 3 N–H and O–H groups in total. The number of aromatic nitrogens is 1. The monoisotopic (exact) mass is 461 g/mol. The molecule has 3 aromatic rings. The summed E-state index contributed by atoms with van der Waals surface area (Å²) in [5.74, 6) is -1.21. The second kappa shape index (κ2) is 9.90. The number of pyridine rings is 1. The van der Waals surface area contributed by atoms with Gasteiger partial charge in [-0.05, 0) is 55.0 Å². The standard InChI is InChI=1S/C22H18F3N3O5/c1-2-15-16(20(29)30)5-3-7-18(15)32-19-17(6-4-12-26-19)28-21(31)27-13-8-10-14(11-9-13)33-22(23,24)25/h3-12H,2H2,1H3,(H,29,30)(H2,27,28,31). The van der Waals surface area contributed by atoms with Gasteiger partial charge in [-0.1, -0.05) is 13.0 Å². The Kier molecular flexibility index (Phi) is 7.01. The number of benzene rings is 2. The maximum atomic E-state index is 12.4. The van der Waals surface area contributed by atoms with Crippen molar-refractivity contribution in [3.8, 4) is 17.4 Å². The molecule has 0 saturated heterocycles. The average Bonchev–Trinajstić information content (AvgIpc) is 2.75. The van der Waals surface area contributed by atoms with Gasteiger partial charge in [0.25, 0.3) is 0 Å². The molecule has 1 heterocycles. The zero-order valence-electron chi connectivity index (χ0n) is 17.1. The number of amides is 2. The fourth-order valence-corrected chi connectivity index (χ4v) is 2.92. The first-order chi connectivity index (χ1) is 15.7. The number of hydrogen-bond acceptors (Lipinski definition) is 5. The molecule has 0 unspecified atom stereocenters. The number of halogens is 3. The number of carbonyl (C=O) groups excluding carboxylic acids is 1. The molecule has 2 aromatic carbocycles. The molecule has 8 nitrogen and oxygen atoms in total. The quantitative estimate of drug-likeness (QED) is 0.418. The lowest BCUT2D eigenvalue weighted by molar-refractivity contribution is -0.274. The molecule has 33 heavy (non-hydrogen) atoms. The number of carboxylic acid groups (broad SMARTS) is 1. The lowest BCUT2D eigenvalue weighted by atomic mass is 10.0. The van der Waals surface area contributed by atoms with Gasteiger partial charge in [0.05, 0.1) is 5.56 Å². The van der Waals surface area contributed by atoms with Gasteiger partial charge in [-0.3, -0.25) is 0 Å². The van der Waals surface area contributed by atoms with Crippen LogP contribution in [-0.4, -0.2) is 28.5 Å². The summed E-state index contributed by atoms with van der Waals surface area (Å²) in [7, 11) is 0. The smallest absolute Gasteiger partial charge is 0.478 e. The molecule has 2 amide bonds. The minimum absolute atomic E-state index is 0.0267. The normalized spacial score (nSPS) is 10.9.